The summed E-state index contributed by atoms with van der Waals surface area (Å²) >= 11 is 0. The minimum absolute atomic E-state index is 0.0491. The Morgan fingerprint density at radius 1 is 1.19 bits per heavy atom. The Hall–Kier alpha value is -1.10. The molecule has 0 aromatic carbocycles. The van der Waals surface area contributed by atoms with E-state index in [0.29, 0.717) is 32.0 Å². The summed E-state index contributed by atoms with van der Waals surface area (Å²) in [6.45, 7) is 2.76. The van der Waals surface area contributed by atoms with Gasteiger partial charge < -0.3 is 15.4 Å². The number of nitrogens with one attached hydrogen (secondary N) is 2. The van der Waals surface area contributed by atoms with Gasteiger partial charge in [-0.05, 0) is 44.9 Å². The van der Waals surface area contributed by atoms with Crippen LogP contribution in [0.25, 0.3) is 0 Å². The van der Waals surface area contributed by atoms with Gasteiger partial charge in [-0.1, -0.05) is 12.8 Å². The van der Waals surface area contributed by atoms with Gasteiger partial charge >= 0.3 is 5.97 Å². The third kappa shape index (κ3) is 4.99. The van der Waals surface area contributed by atoms with Crippen molar-refractivity contribution in [3.8, 4) is 0 Å². The standard InChI is InChI=1S/C16H28N2O3/c1-2-21-15(19)8-5-11-17-16(20)14-10-9-12-6-3-4-7-13(12)18-14/h12-14,18H,2-11H2,1H3,(H,17,20). The van der Waals surface area contributed by atoms with Crippen LogP contribution in [-0.2, 0) is 14.3 Å². The van der Waals surface area contributed by atoms with E-state index in [1.54, 1.807) is 6.92 Å². The fraction of sp³-hybridized carbons (Fsp3) is 0.875. The van der Waals surface area contributed by atoms with Crippen molar-refractivity contribution in [3.05, 3.63) is 0 Å². The molecule has 0 bridgehead atoms. The number of hydrogen-bond acceptors (Lipinski definition) is 4. The monoisotopic (exact) mass is 296 g/mol. The molecule has 1 aliphatic carbocycles. The molecule has 5 heteroatoms. The summed E-state index contributed by atoms with van der Waals surface area (Å²) in [4.78, 5) is 23.4. The number of carbonyl (C=O) groups is 2. The van der Waals surface area contributed by atoms with Crippen LogP contribution in [0.1, 0.15) is 58.3 Å². The summed E-state index contributed by atoms with van der Waals surface area (Å²) in [6, 6.07) is 0.481. The maximum atomic E-state index is 12.2. The van der Waals surface area contributed by atoms with Gasteiger partial charge in [0.25, 0.3) is 0 Å². The second-order valence-electron chi connectivity index (χ2n) is 6.15. The number of piperidine rings is 1. The lowest BCUT2D eigenvalue weighted by atomic mass is 9.77. The van der Waals surface area contributed by atoms with Gasteiger partial charge in [-0.2, -0.15) is 0 Å². The van der Waals surface area contributed by atoms with E-state index in [4.69, 9.17) is 4.74 Å². The minimum atomic E-state index is -0.187. The maximum Gasteiger partial charge on any atom is 0.305 e. The Kier molecular flexibility index (Phi) is 6.49. The molecule has 5 nitrogen and oxygen atoms in total. The van der Waals surface area contributed by atoms with Crippen LogP contribution >= 0.6 is 0 Å². The average Bonchev–Trinajstić information content (AvgIpc) is 2.51. The van der Waals surface area contributed by atoms with E-state index in [9.17, 15) is 9.59 Å². The Morgan fingerprint density at radius 3 is 2.81 bits per heavy atom. The molecular formula is C16H28N2O3. The van der Waals surface area contributed by atoms with E-state index >= 15 is 0 Å². The van der Waals surface area contributed by atoms with E-state index in [1.807, 2.05) is 0 Å². The van der Waals surface area contributed by atoms with E-state index < -0.39 is 0 Å². The fourth-order valence-corrected chi connectivity index (χ4v) is 3.50. The molecule has 1 aliphatic heterocycles. The van der Waals surface area contributed by atoms with Crippen LogP contribution in [0, 0.1) is 5.92 Å². The molecule has 120 valence electrons. The van der Waals surface area contributed by atoms with Crippen molar-refractivity contribution in [1.82, 2.24) is 10.6 Å². The van der Waals surface area contributed by atoms with Crippen molar-refractivity contribution in [3.63, 3.8) is 0 Å². The Morgan fingerprint density at radius 2 is 2.00 bits per heavy atom. The first-order valence-corrected chi connectivity index (χ1v) is 8.40. The SMILES string of the molecule is CCOC(=O)CCCNC(=O)C1CCC2CCCCC2N1. The van der Waals surface area contributed by atoms with Crippen LogP contribution in [0.5, 0.6) is 0 Å². The third-order valence-electron chi connectivity index (χ3n) is 4.63. The van der Waals surface area contributed by atoms with Gasteiger partial charge in [0, 0.05) is 19.0 Å². The Bertz CT molecular complexity index is 359. The van der Waals surface area contributed by atoms with Gasteiger partial charge in [0.15, 0.2) is 0 Å². The highest BCUT2D eigenvalue weighted by Gasteiger charge is 2.34. The van der Waals surface area contributed by atoms with Crippen LogP contribution in [0.2, 0.25) is 0 Å². The molecule has 2 fully saturated rings. The number of amides is 1. The summed E-state index contributed by atoms with van der Waals surface area (Å²) in [6.07, 6.45) is 8.25. The number of carbonyl (C=O) groups excluding carboxylic acids is 2. The first-order chi connectivity index (χ1) is 10.2. The molecule has 3 atom stereocenters. The van der Waals surface area contributed by atoms with Gasteiger partial charge in [-0.3, -0.25) is 9.59 Å². The topological polar surface area (TPSA) is 67.4 Å². The lowest BCUT2D eigenvalue weighted by molar-refractivity contribution is -0.143. The lowest BCUT2D eigenvalue weighted by Crippen LogP contribution is -2.55. The van der Waals surface area contributed by atoms with E-state index in [-0.39, 0.29) is 17.9 Å². The molecule has 2 aliphatic rings. The van der Waals surface area contributed by atoms with Gasteiger partial charge in [-0.15, -0.1) is 0 Å². The molecule has 1 saturated carbocycles. The predicted octanol–water partition coefficient (Wildman–Crippen LogP) is 1.76. The first-order valence-electron chi connectivity index (χ1n) is 8.40. The quantitative estimate of drug-likeness (QED) is 0.579. The highest BCUT2D eigenvalue weighted by Crippen LogP contribution is 2.32. The van der Waals surface area contributed by atoms with Gasteiger partial charge in [0.05, 0.1) is 12.6 Å². The molecule has 1 saturated heterocycles. The zero-order valence-corrected chi connectivity index (χ0v) is 13.0. The summed E-state index contributed by atoms with van der Waals surface area (Å²) in [5, 5.41) is 6.46. The van der Waals surface area contributed by atoms with Crippen LogP contribution in [0.4, 0.5) is 0 Å². The van der Waals surface area contributed by atoms with Crippen LogP contribution in [-0.4, -0.2) is 37.1 Å². The molecule has 0 aromatic rings. The maximum absolute atomic E-state index is 12.2. The van der Waals surface area contributed by atoms with E-state index in [0.717, 1.165) is 12.3 Å². The molecule has 0 radical (unpaired) electrons. The molecular weight excluding hydrogens is 268 g/mol. The normalized spacial score (nSPS) is 28.5. The zero-order chi connectivity index (χ0) is 15.1. The molecule has 1 amide bonds. The summed E-state index contributed by atoms with van der Waals surface area (Å²) < 4.78 is 4.86. The number of esters is 1. The second kappa shape index (κ2) is 8.37. The number of hydrogen-bond donors (Lipinski definition) is 2. The number of rotatable bonds is 6. The number of fused-ring (bicyclic) bond motifs is 1. The third-order valence-corrected chi connectivity index (χ3v) is 4.63. The van der Waals surface area contributed by atoms with Crippen LogP contribution in [0.15, 0.2) is 0 Å². The molecule has 3 unspecified atom stereocenters. The zero-order valence-electron chi connectivity index (χ0n) is 13.0. The lowest BCUT2D eigenvalue weighted by Gasteiger charge is -2.39. The van der Waals surface area contributed by atoms with Gasteiger partial charge in [0.2, 0.25) is 5.91 Å². The van der Waals surface area contributed by atoms with Crippen molar-refractivity contribution in [2.45, 2.75) is 70.4 Å². The Labute approximate surface area is 127 Å². The molecule has 2 rings (SSSR count). The summed E-state index contributed by atoms with van der Waals surface area (Å²) in [5.74, 6) is 0.669. The molecule has 21 heavy (non-hydrogen) atoms. The smallest absolute Gasteiger partial charge is 0.305 e. The minimum Gasteiger partial charge on any atom is -0.466 e. The second-order valence-corrected chi connectivity index (χ2v) is 6.15. The fourth-order valence-electron chi connectivity index (χ4n) is 3.50. The molecule has 0 aromatic heterocycles. The largest absolute Gasteiger partial charge is 0.466 e. The van der Waals surface area contributed by atoms with Gasteiger partial charge in [0.1, 0.15) is 0 Å². The van der Waals surface area contributed by atoms with Crippen molar-refractivity contribution >= 4 is 11.9 Å². The molecule has 2 N–H and O–H groups in total. The van der Waals surface area contributed by atoms with E-state index in [1.165, 1.54) is 32.1 Å². The van der Waals surface area contributed by atoms with Crippen LogP contribution < -0.4 is 10.6 Å². The summed E-state index contributed by atoms with van der Waals surface area (Å²) in [7, 11) is 0. The average molecular weight is 296 g/mol. The molecule has 0 spiro atoms. The van der Waals surface area contributed by atoms with Crippen molar-refractivity contribution in [1.29, 1.82) is 0 Å². The van der Waals surface area contributed by atoms with Crippen LogP contribution in [0.3, 0.4) is 0 Å². The highest BCUT2D eigenvalue weighted by atomic mass is 16.5. The summed E-state index contributed by atoms with van der Waals surface area (Å²) in [5.41, 5.74) is 0. The van der Waals surface area contributed by atoms with E-state index in [2.05, 4.69) is 10.6 Å². The van der Waals surface area contributed by atoms with Crippen molar-refractivity contribution in [2.24, 2.45) is 5.92 Å². The number of ether oxygens (including phenoxy) is 1. The molecule has 1 heterocycles. The van der Waals surface area contributed by atoms with Gasteiger partial charge in [-0.25, -0.2) is 0 Å². The highest BCUT2D eigenvalue weighted by molar-refractivity contribution is 5.81. The predicted molar refractivity (Wildman–Crippen MR) is 80.8 cm³/mol. The first kappa shape index (κ1) is 16.3. The van der Waals surface area contributed by atoms with Crippen molar-refractivity contribution < 1.29 is 14.3 Å². The Balaban J connectivity index is 1.63. The van der Waals surface area contributed by atoms with Crippen molar-refractivity contribution in [2.75, 3.05) is 13.2 Å².